The molecule has 416 valence electrons. The molecule has 13 rings (SSSR count). The summed E-state index contributed by atoms with van der Waals surface area (Å²) in [7, 11) is -2.71. The Morgan fingerprint density at radius 3 is 1.87 bits per heavy atom. The van der Waals surface area contributed by atoms with Gasteiger partial charge in [-0.3, -0.25) is 13.7 Å². The number of hydrogen-bond acceptors (Lipinski definition) is 2. The van der Waals surface area contributed by atoms with E-state index >= 15 is 0 Å². The van der Waals surface area contributed by atoms with Crippen molar-refractivity contribution in [2.75, 3.05) is 0 Å². The molecule has 0 fully saturated rings. The summed E-state index contributed by atoms with van der Waals surface area (Å²) >= 11 is 0. The van der Waals surface area contributed by atoms with Gasteiger partial charge in [0.15, 0.2) is 8.07 Å². The molecule has 11 aromatic rings. The predicted molar refractivity (Wildman–Crippen MR) is 354 cm³/mol. The average molecular weight is 1110 g/mol. The molecule has 2 atom stereocenters. The number of ether oxygens (including phenoxy) is 1. The van der Waals surface area contributed by atoms with Crippen LogP contribution in [0.2, 0.25) is 5.54 Å². The Labute approximate surface area is 497 Å². The van der Waals surface area contributed by atoms with E-state index < -0.39 is 8.07 Å². The first-order valence-corrected chi connectivity index (χ1v) is 32.0. The van der Waals surface area contributed by atoms with Crippen LogP contribution in [0.1, 0.15) is 86.3 Å². The van der Waals surface area contributed by atoms with E-state index in [9.17, 15) is 0 Å². The number of nitrogens with zero attached hydrogens (tertiary/aromatic N) is 4. The molecule has 0 aliphatic heterocycles. The minimum atomic E-state index is -2.71. The summed E-state index contributed by atoms with van der Waals surface area (Å²) < 4.78 is 14.0. The zero-order valence-electron chi connectivity index (χ0n) is 49.9. The molecule has 0 saturated carbocycles. The number of fused-ring (bicyclic) bond motifs is 4. The molecular formula is C78H74N4OSi. The molecule has 0 N–H and O–H groups in total. The Morgan fingerprint density at radius 1 is 0.560 bits per heavy atom. The Balaban J connectivity index is 0.944. The van der Waals surface area contributed by atoms with Gasteiger partial charge in [0, 0.05) is 28.7 Å². The summed E-state index contributed by atoms with van der Waals surface area (Å²) in [6.07, 6.45) is 20.0. The lowest BCUT2D eigenvalue weighted by Crippen LogP contribution is -2.69. The quantitative estimate of drug-likeness (QED) is 0.0560. The Kier molecular flexibility index (Phi) is 13.9. The van der Waals surface area contributed by atoms with Crippen LogP contribution in [-0.2, 0) is 5.41 Å². The summed E-state index contributed by atoms with van der Waals surface area (Å²) in [5.41, 5.74) is 14.2. The lowest BCUT2D eigenvalue weighted by molar-refractivity contribution is -0.560. The topological polar surface area (TPSA) is 35.9 Å². The molecule has 3 heterocycles. The minimum absolute atomic E-state index is 0.0447. The summed E-state index contributed by atoms with van der Waals surface area (Å²) in [6, 6.07) is 77.8. The first-order chi connectivity index (χ1) is 40.5. The van der Waals surface area contributed by atoms with E-state index in [0.29, 0.717) is 5.92 Å². The maximum absolute atomic E-state index is 7.02. The standard InChI is InChI=1S/C78H74N4OSi/c1-76(2,3)57-43-44-79-74(50-57)82-71-42-39-55(54-25-14-10-15-26-54)46-70(71)69-41-40-63(52-73(69)82)83-62-29-23-28-60(51-62)80-53-81(61-48-58(77(4,5)6)47-59(49-61)78(7,8)9)75-68(37-24-38-72(75)80)56-27-22-36-67(45-56)84(64-30-16-11-17-31-64,65-32-18-12-19-33-65)66-34-20-13-21-35-66/h10-44,46-48,50-52,59,67H,45,49H2,1-9H3/t59-,67-/m0/s1. The molecule has 84 heavy (non-hydrogen) atoms. The predicted octanol–water partition coefficient (Wildman–Crippen LogP) is 17.7. The van der Waals surface area contributed by atoms with Crippen molar-refractivity contribution in [1.29, 1.82) is 0 Å². The van der Waals surface area contributed by atoms with Crippen molar-refractivity contribution in [3.63, 3.8) is 0 Å². The normalized spacial score (nSPS) is 16.0. The van der Waals surface area contributed by atoms with Crippen LogP contribution < -0.4 is 24.9 Å². The van der Waals surface area contributed by atoms with Crippen LogP contribution >= 0.6 is 0 Å². The second kappa shape index (κ2) is 21.4. The molecule has 3 aromatic heterocycles. The van der Waals surface area contributed by atoms with Gasteiger partial charge in [0.2, 0.25) is 0 Å². The monoisotopic (exact) mass is 1110 g/mol. The van der Waals surface area contributed by atoms with E-state index in [1.165, 1.54) is 54.7 Å². The fraction of sp³-hybridized carbons (Fsp3) is 0.205. The smallest absolute Gasteiger partial charge is 0.269 e. The van der Waals surface area contributed by atoms with Crippen molar-refractivity contribution in [2.24, 2.45) is 16.7 Å². The van der Waals surface area contributed by atoms with Gasteiger partial charge in [-0.05, 0) is 150 Å². The molecule has 0 spiro atoms. The summed E-state index contributed by atoms with van der Waals surface area (Å²) in [5, 5.41) is 6.55. The molecule has 0 saturated heterocycles. The zero-order chi connectivity index (χ0) is 58.0. The van der Waals surface area contributed by atoms with Crippen molar-refractivity contribution in [1.82, 2.24) is 14.1 Å². The Morgan fingerprint density at radius 2 is 1.21 bits per heavy atom. The van der Waals surface area contributed by atoms with Crippen LogP contribution in [0.5, 0.6) is 11.5 Å². The van der Waals surface area contributed by atoms with E-state index in [0.717, 1.165) is 68.7 Å². The molecule has 6 heteroatoms. The van der Waals surface area contributed by atoms with Gasteiger partial charge in [0.05, 0.1) is 27.8 Å². The van der Waals surface area contributed by atoms with E-state index in [-0.39, 0.29) is 21.8 Å². The number of hydrogen-bond donors (Lipinski definition) is 0. The highest BCUT2D eigenvalue weighted by molar-refractivity contribution is 7.12. The Hall–Kier alpha value is -8.84. The van der Waals surface area contributed by atoms with E-state index in [1.807, 2.05) is 6.20 Å². The number of benzene rings is 8. The van der Waals surface area contributed by atoms with Crippen molar-refractivity contribution < 1.29 is 9.30 Å². The van der Waals surface area contributed by atoms with Gasteiger partial charge < -0.3 is 4.74 Å². The van der Waals surface area contributed by atoms with Gasteiger partial charge >= 0.3 is 0 Å². The zero-order valence-corrected chi connectivity index (χ0v) is 50.9. The molecule has 0 bridgehead atoms. The fourth-order valence-electron chi connectivity index (χ4n) is 13.2. The van der Waals surface area contributed by atoms with E-state index in [1.54, 1.807) is 0 Å². The Bertz CT molecular complexity index is 4290. The average Bonchev–Trinajstić information content (AvgIpc) is 1.57. The van der Waals surface area contributed by atoms with Crippen LogP contribution in [0.3, 0.4) is 0 Å². The second-order valence-corrected chi connectivity index (χ2v) is 30.4. The lowest BCUT2D eigenvalue weighted by atomic mass is 9.71. The first-order valence-electron chi connectivity index (χ1n) is 29.9. The van der Waals surface area contributed by atoms with E-state index in [4.69, 9.17) is 9.72 Å². The molecular weight excluding hydrogens is 1040 g/mol. The van der Waals surface area contributed by atoms with Gasteiger partial charge in [0.1, 0.15) is 17.3 Å². The van der Waals surface area contributed by atoms with Crippen LogP contribution in [0.4, 0.5) is 0 Å². The highest BCUT2D eigenvalue weighted by atomic mass is 28.3. The lowest BCUT2D eigenvalue weighted by Gasteiger charge is -2.41. The molecule has 5 nitrogen and oxygen atoms in total. The van der Waals surface area contributed by atoms with Gasteiger partial charge in [0.25, 0.3) is 6.33 Å². The number of imidazole rings is 1. The van der Waals surface area contributed by atoms with Crippen molar-refractivity contribution in [2.45, 2.75) is 86.1 Å². The number of pyridine rings is 1. The van der Waals surface area contributed by atoms with Crippen LogP contribution in [0, 0.1) is 23.1 Å². The van der Waals surface area contributed by atoms with Crippen LogP contribution in [-0.4, -0.2) is 22.2 Å². The third kappa shape index (κ3) is 10.0. The van der Waals surface area contributed by atoms with Gasteiger partial charge in [-0.25, -0.2) is 4.98 Å². The number of aromatic nitrogens is 4. The van der Waals surface area contributed by atoms with Crippen LogP contribution in [0.25, 0.3) is 66.7 Å². The minimum Gasteiger partial charge on any atom is -0.458 e. The number of allylic oxidation sites excluding steroid dienone is 8. The first kappa shape index (κ1) is 54.4. The maximum atomic E-state index is 7.02. The molecule has 2 aliphatic carbocycles. The summed E-state index contributed by atoms with van der Waals surface area (Å²) in [5.74, 6) is 2.68. The molecule has 0 radical (unpaired) electrons. The molecule has 2 aliphatic rings. The molecule has 8 aromatic carbocycles. The van der Waals surface area contributed by atoms with Crippen molar-refractivity contribution in [3.8, 4) is 34.1 Å². The highest BCUT2D eigenvalue weighted by Gasteiger charge is 2.46. The van der Waals surface area contributed by atoms with Crippen LogP contribution in [0.15, 0.2) is 254 Å². The van der Waals surface area contributed by atoms with Crippen molar-refractivity contribution >= 4 is 67.7 Å². The van der Waals surface area contributed by atoms with Gasteiger partial charge in [-0.2, -0.15) is 0 Å². The molecule has 0 amide bonds. The van der Waals surface area contributed by atoms with Crippen molar-refractivity contribution in [3.05, 3.63) is 272 Å². The second-order valence-electron chi connectivity index (χ2n) is 26.3. The SMILES string of the molecule is CC(C)(C)C1=C[C@H](C(C)(C)C)CC([n+]2[c-]n(-c3cccc(Oc4ccc5c6cc(-c7ccccc7)ccc6n(-c6cc(C(C)(C)C)ccn6)c5c4)c3)c3cccc(C4=CC=C[C@H]([Si](c5ccccc5)(c5ccccc5)c5ccccc5)C4)c32)=C1. The maximum Gasteiger partial charge on any atom is 0.269 e. The van der Waals surface area contributed by atoms with Gasteiger partial charge in [-0.1, -0.05) is 238 Å². The molecule has 0 unspecified atom stereocenters. The third-order valence-corrected chi connectivity index (χ3v) is 23.0. The summed E-state index contributed by atoms with van der Waals surface area (Å²) in [4.78, 5) is 5.02. The van der Waals surface area contributed by atoms with Gasteiger partial charge in [-0.15, -0.1) is 0 Å². The number of rotatable bonds is 11. The highest BCUT2D eigenvalue weighted by Crippen LogP contribution is 2.44. The fourth-order valence-corrected chi connectivity index (χ4v) is 18.5. The van der Waals surface area contributed by atoms with E-state index in [2.05, 4.69) is 325 Å². The number of para-hydroxylation sites is 1. The largest absolute Gasteiger partial charge is 0.458 e. The third-order valence-electron chi connectivity index (χ3n) is 17.7. The summed E-state index contributed by atoms with van der Waals surface area (Å²) in [6.45, 7) is 20.9.